The van der Waals surface area contributed by atoms with E-state index in [0.29, 0.717) is 26.1 Å². The Kier molecular flexibility index (Phi) is 5.57. The maximum atomic E-state index is 12.0. The molecule has 2 amide bonds. The summed E-state index contributed by atoms with van der Waals surface area (Å²) in [5, 5.41) is 8.68. The van der Waals surface area contributed by atoms with Gasteiger partial charge in [0.15, 0.2) is 0 Å². The monoisotopic (exact) mass is 291 g/mol. The zero-order chi connectivity index (χ0) is 15.1. The van der Waals surface area contributed by atoms with Crippen molar-refractivity contribution in [2.75, 3.05) is 32.1 Å². The maximum Gasteiger partial charge on any atom is 0.242 e. The summed E-state index contributed by atoms with van der Waals surface area (Å²) in [6, 6.07) is 7.63. The third-order valence-electron chi connectivity index (χ3n) is 3.37. The van der Waals surface area contributed by atoms with Crippen LogP contribution in [0.15, 0.2) is 24.3 Å². The van der Waals surface area contributed by atoms with E-state index in [2.05, 4.69) is 16.0 Å². The molecule has 3 N–H and O–H groups in total. The highest BCUT2D eigenvalue weighted by molar-refractivity contribution is 5.87. The lowest BCUT2D eigenvalue weighted by molar-refractivity contribution is -0.122. The molecule has 0 aromatic heterocycles. The van der Waals surface area contributed by atoms with E-state index in [1.54, 1.807) is 7.11 Å². The Balaban J connectivity index is 1.66. The van der Waals surface area contributed by atoms with Crippen molar-refractivity contribution in [1.82, 2.24) is 10.6 Å². The van der Waals surface area contributed by atoms with Gasteiger partial charge in [0.25, 0.3) is 0 Å². The van der Waals surface area contributed by atoms with Crippen LogP contribution in [0.1, 0.15) is 12.0 Å². The van der Waals surface area contributed by atoms with Crippen molar-refractivity contribution >= 4 is 17.5 Å². The lowest BCUT2D eigenvalue weighted by Gasteiger charge is -2.12. The highest BCUT2D eigenvalue weighted by Crippen LogP contribution is 2.24. The normalized spacial score (nSPS) is 16.0. The number of carbonyl (C=O) groups excluding carboxylic acids is 2. The van der Waals surface area contributed by atoms with E-state index in [9.17, 15) is 9.59 Å². The van der Waals surface area contributed by atoms with Crippen molar-refractivity contribution in [2.45, 2.75) is 18.9 Å². The molecular formula is C15H21N3O3. The molecular weight excluding hydrogens is 270 g/mol. The first kappa shape index (κ1) is 15.3. The van der Waals surface area contributed by atoms with E-state index < -0.39 is 0 Å². The summed E-state index contributed by atoms with van der Waals surface area (Å²) in [5.74, 6) is -0.161. The number of amides is 2. The Bertz CT molecular complexity index is 480. The number of hydrogen-bond donors (Lipinski definition) is 3. The number of rotatable bonds is 7. The fourth-order valence-corrected chi connectivity index (χ4v) is 2.26. The zero-order valence-electron chi connectivity index (χ0n) is 12.1. The van der Waals surface area contributed by atoms with Crippen LogP contribution in [0.5, 0.6) is 0 Å². The summed E-state index contributed by atoms with van der Waals surface area (Å²) in [5.41, 5.74) is 2.16. The highest BCUT2D eigenvalue weighted by atomic mass is 16.5. The molecule has 0 bridgehead atoms. The molecule has 1 aromatic rings. The second-order valence-electron chi connectivity index (χ2n) is 4.94. The van der Waals surface area contributed by atoms with Crippen molar-refractivity contribution < 1.29 is 14.3 Å². The number of anilines is 1. The van der Waals surface area contributed by atoms with Crippen LogP contribution in [0, 0.1) is 0 Å². The molecule has 6 nitrogen and oxygen atoms in total. The minimum Gasteiger partial charge on any atom is -0.383 e. The molecule has 1 aliphatic heterocycles. The number of ether oxygens (including phenoxy) is 1. The zero-order valence-corrected chi connectivity index (χ0v) is 12.1. The second-order valence-corrected chi connectivity index (χ2v) is 4.94. The average molecular weight is 291 g/mol. The molecule has 0 radical (unpaired) electrons. The molecule has 1 heterocycles. The number of nitrogens with one attached hydrogen (secondary N) is 3. The quantitative estimate of drug-likeness (QED) is 0.631. The van der Waals surface area contributed by atoms with Gasteiger partial charge in [-0.3, -0.25) is 9.59 Å². The Labute approximate surface area is 124 Å². The van der Waals surface area contributed by atoms with Gasteiger partial charge in [0.2, 0.25) is 11.8 Å². The fraction of sp³-hybridized carbons (Fsp3) is 0.467. The van der Waals surface area contributed by atoms with Gasteiger partial charge in [0.05, 0.1) is 6.61 Å². The molecule has 0 saturated heterocycles. The Morgan fingerprint density at radius 2 is 2.10 bits per heavy atom. The van der Waals surface area contributed by atoms with Gasteiger partial charge in [-0.1, -0.05) is 18.2 Å². The average Bonchev–Trinajstić information content (AvgIpc) is 2.91. The lowest BCUT2D eigenvalue weighted by atomic mass is 10.1. The van der Waals surface area contributed by atoms with Gasteiger partial charge in [-0.15, -0.1) is 0 Å². The number of fused-ring (bicyclic) bond motifs is 1. The van der Waals surface area contributed by atoms with Gasteiger partial charge in [0.1, 0.15) is 6.04 Å². The molecule has 0 fully saturated rings. The molecule has 1 unspecified atom stereocenters. The molecule has 1 aromatic carbocycles. The molecule has 2 rings (SSSR count). The lowest BCUT2D eigenvalue weighted by Crippen LogP contribution is -2.40. The second kappa shape index (κ2) is 7.64. The Morgan fingerprint density at radius 3 is 2.86 bits per heavy atom. The summed E-state index contributed by atoms with van der Waals surface area (Å²) >= 11 is 0. The minimum absolute atomic E-state index is 0.0732. The number of benzene rings is 1. The van der Waals surface area contributed by atoms with Crippen LogP contribution >= 0.6 is 0 Å². The topological polar surface area (TPSA) is 79.5 Å². The largest absolute Gasteiger partial charge is 0.383 e. The van der Waals surface area contributed by atoms with E-state index in [0.717, 1.165) is 11.3 Å². The van der Waals surface area contributed by atoms with Gasteiger partial charge in [0, 0.05) is 38.7 Å². The smallest absolute Gasteiger partial charge is 0.242 e. The number of carbonyl (C=O) groups is 2. The predicted molar refractivity (Wildman–Crippen MR) is 80.1 cm³/mol. The molecule has 0 spiro atoms. The van der Waals surface area contributed by atoms with Crippen molar-refractivity contribution in [3.63, 3.8) is 0 Å². The number of para-hydroxylation sites is 1. The SMILES string of the molecule is COCCNC(=O)CCNC(=O)C1Cc2ccccc2N1. The van der Waals surface area contributed by atoms with Crippen molar-refractivity contribution in [3.05, 3.63) is 29.8 Å². The van der Waals surface area contributed by atoms with Gasteiger partial charge in [-0.2, -0.15) is 0 Å². The predicted octanol–water partition coefficient (Wildman–Crippen LogP) is 0.292. The van der Waals surface area contributed by atoms with Crippen LogP contribution in [0.3, 0.4) is 0 Å². The molecule has 1 atom stereocenters. The van der Waals surface area contributed by atoms with Crippen LogP contribution in [0.4, 0.5) is 5.69 Å². The third kappa shape index (κ3) is 4.46. The number of methoxy groups -OCH3 is 1. The van der Waals surface area contributed by atoms with Gasteiger partial charge in [-0.05, 0) is 11.6 Å². The van der Waals surface area contributed by atoms with E-state index in [1.165, 1.54) is 0 Å². The van der Waals surface area contributed by atoms with E-state index in [1.807, 2.05) is 24.3 Å². The molecule has 1 aliphatic rings. The molecule has 21 heavy (non-hydrogen) atoms. The molecule has 0 aliphatic carbocycles. The minimum atomic E-state index is -0.251. The van der Waals surface area contributed by atoms with E-state index >= 15 is 0 Å². The van der Waals surface area contributed by atoms with Crippen LogP contribution in [-0.2, 0) is 20.7 Å². The Hall–Kier alpha value is -2.08. The number of hydrogen-bond acceptors (Lipinski definition) is 4. The van der Waals surface area contributed by atoms with Crippen molar-refractivity contribution in [3.8, 4) is 0 Å². The van der Waals surface area contributed by atoms with E-state index in [-0.39, 0.29) is 24.3 Å². The molecule has 6 heteroatoms. The summed E-state index contributed by atoms with van der Waals surface area (Å²) < 4.78 is 4.84. The first-order valence-electron chi connectivity index (χ1n) is 7.08. The first-order chi connectivity index (χ1) is 10.2. The molecule has 0 saturated carbocycles. The standard InChI is InChI=1S/C15H21N3O3/c1-21-9-8-16-14(19)6-7-17-15(20)13-10-11-4-2-3-5-12(11)18-13/h2-5,13,18H,6-10H2,1H3,(H,16,19)(H,17,20). The van der Waals surface area contributed by atoms with Crippen LogP contribution in [-0.4, -0.2) is 44.7 Å². The van der Waals surface area contributed by atoms with Crippen LogP contribution in [0.25, 0.3) is 0 Å². The maximum absolute atomic E-state index is 12.0. The van der Waals surface area contributed by atoms with Gasteiger partial charge < -0.3 is 20.7 Å². The Morgan fingerprint density at radius 1 is 1.29 bits per heavy atom. The summed E-state index contributed by atoms with van der Waals surface area (Å²) in [6.07, 6.45) is 0.956. The van der Waals surface area contributed by atoms with Gasteiger partial charge >= 0.3 is 0 Å². The van der Waals surface area contributed by atoms with Crippen LogP contribution < -0.4 is 16.0 Å². The van der Waals surface area contributed by atoms with Crippen molar-refractivity contribution in [1.29, 1.82) is 0 Å². The fourth-order valence-electron chi connectivity index (χ4n) is 2.26. The molecule has 114 valence electrons. The highest BCUT2D eigenvalue weighted by Gasteiger charge is 2.25. The van der Waals surface area contributed by atoms with Crippen LogP contribution in [0.2, 0.25) is 0 Å². The van der Waals surface area contributed by atoms with Crippen molar-refractivity contribution in [2.24, 2.45) is 0 Å². The van der Waals surface area contributed by atoms with E-state index in [4.69, 9.17) is 4.74 Å². The first-order valence-corrected chi connectivity index (χ1v) is 7.08. The summed E-state index contributed by atoms with van der Waals surface area (Å²) in [7, 11) is 1.58. The van der Waals surface area contributed by atoms with Gasteiger partial charge in [-0.25, -0.2) is 0 Å². The summed E-state index contributed by atoms with van der Waals surface area (Å²) in [6.45, 7) is 1.32. The summed E-state index contributed by atoms with van der Waals surface area (Å²) in [4.78, 5) is 23.5. The third-order valence-corrected chi connectivity index (χ3v) is 3.37.